The first kappa shape index (κ1) is 9.07. The first-order valence-corrected chi connectivity index (χ1v) is 5.72. The zero-order valence-corrected chi connectivity index (χ0v) is 9.89. The summed E-state index contributed by atoms with van der Waals surface area (Å²) in [7, 11) is 0. The minimum absolute atomic E-state index is 0.855. The second-order valence-corrected chi connectivity index (χ2v) is 4.14. The fourth-order valence-corrected chi connectivity index (χ4v) is 1.95. The van der Waals surface area contributed by atoms with Gasteiger partial charge >= 0.3 is 0 Å². The van der Waals surface area contributed by atoms with Crippen molar-refractivity contribution in [2.45, 2.75) is 0 Å². The van der Waals surface area contributed by atoms with Gasteiger partial charge in [-0.3, -0.25) is 0 Å². The standard InChI is InChI=1S/C10H6Br2N/c11-4-7-1-2-8-5-13-6-10(12)9(8)3-7/h1,3,5-6H,4H2/q+1. The van der Waals surface area contributed by atoms with Crippen LogP contribution in [0.25, 0.3) is 6.08 Å². The summed E-state index contributed by atoms with van der Waals surface area (Å²) in [5.41, 5.74) is 3.42. The van der Waals surface area contributed by atoms with Gasteiger partial charge in [0.15, 0.2) is 5.56 Å². The normalized spacial score (nSPS) is 13.2. The first-order valence-electron chi connectivity index (χ1n) is 3.81. The molecule has 0 atom stereocenters. The van der Waals surface area contributed by atoms with Crippen LogP contribution in [0.2, 0.25) is 0 Å². The molecule has 2 rings (SSSR count). The predicted octanol–water partition coefficient (Wildman–Crippen LogP) is 3.34. The van der Waals surface area contributed by atoms with E-state index in [9.17, 15) is 0 Å². The Kier molecular flexibility index (Phi) is 2.58. The second-order valence-electron chi connectivity index (χ2n) is 2.72. The molecule has 0 unspecified atom stereocenters. The van der Waals surface area contributed by atoms with E-state index < -0.39 is 0 Å². The molecule has 1 nitrogen and oxygen atoms in total. The summed E-state index contributed by atoms with van der Waals surface area (Å²) in [5.74, 6) is 0. The van der Waals surface area contributed by atoms with Crippen molar-refractivity contribution in [1.82, 2.24) is 4.98 Å². The lowest BCUT2D eigenvalue weighted by Crippen LogP contribution is -1.93. The molecule has 0 bridgehead atoms. The van der Waals surface area contributed by atoms with Gasteiger partial charge in [0.05, 0.1) is 27.6 Å². The molecule has 0 radical (unpaired) electrons. The van der Waals surface area contributed by atoms with Gasteiger partial charge in [0.25, 0.3) is 0 Å². The molecule has 1 aliphatic carbocycles. The van der Waals surface area contributed by atoms with Crippen molar-refractivity contribution in [2.75, 3.05) is 5.33 Å². The lowest BCUT2D eigenvalue weighted by molar-refractivity contribution is 1.25. The number of fused-ring (bicyclic) bond motifs is 1. The summed E-state index contributed by atoms with van der Waals surface area (Å²) in [4.78, 5) is 4.08. The fraction of sp³-hybridized carbons (Fsp3) is 0.100. The van der Waals surface area contributed by atoms with Crippen molar-refractivity contribution >= 4 is 37.9 Å². The number of aromatic nitrogens is 1. The van der Waals surface area contributed by atoms with Crippen molar-refractivity contribution in [3.05, 3.63) is 45.7 Å². The Morgan fingerprint density at radius 1 is 1.38 bits per heavy atom. The van der Waals surface area contributed by atoms with Crippen LogP contribution < -0.4 is 0 Å². The molecule has 0 fully saturated rings. The van der Waals surface area contributed by atoms with Gasteiger partial charge < -0.3 is 0 Å². The van der Waals surface area contributed by atoms with Crippen LogP contribution in [-0.4, -0.2) is 10.3 Å². The van der Waals surface area contributed by atoms with Crippen LogP contribution >= 0.6 is 31.9 Å². The Morgan fingerprint density at radius 3 is 3.00 bits per heavy atom. The highest BCUT2D eigenvalue weighted by molar-refractivity contribution is 9.10. The summed E-state index contributed by atoms with van der Waals surface area (Å²) < 4.78 is 1.02. The lowest BCUT2D eigenvalue weighted by atomic mass is 10.0. The highest BCUT2D eigenvalue weighted by atomic mass is 79.9. The van der Waals surface area contributed by atoms with Crippen LogP contribution in [0.4, 0.5) is 0 Å². The smallest absolute Gasteiger partial charge is 0.174 e. The van der Waals surface area contributed by atoms with E-state index in [1.54, 1.807) is 6.20 Å². The number of rotatable bonds is 1. The van der Waals surface area contributed by atoms with E-state index in [0.29, 0.717) is 0 Å². The molecule has 0 spiro atoms. The van der Waals surface area contributed by atoms with Crippen LogP contribution in [0, 0.1) is 6.08 Å². The molecule has 64 valence electrons. The van der Waals surface area contributed by atoms with E-state index in [0.717, 1.165) is 20.9 Å². The number of allylic oxidation sites excluding steroid dienone is 2. The molecule has 1 aromatic rings. The zero-order chi connectivity index (χ0) is 9.26. The van der Waals surface area contributed by atoms with Gasteiger partial charge in [-0.05, 0) is 15.9 Å². The Labute approximate surface area is 93.8 Å². The maximum absolute atomic E-state index is 4.08. The number of halogens is 2. The molecular weight excluding hydrogens is 294 g/mol. The molecule has 1 aromatic heterocycles. The van der Waals surface area contributed by atoms with Crippen LogP contribution in [0.1, 0.15) is 11.1 Å². The third-order valence-electron chi connectivity index (χ3n) is 1.84. The third-order valence-corrected chi connectivity index (χ3v) is 3.12. The van der Waals surface area contributed by atoms with Crippen LogP contribution in [0.5, 0.6) is 0 Å². The predicted molar refractivity (Wildman–Crippen MR) is 60.6 cm³/mol. The highest BCUT2D eigenvalue weighted by Gasteiger charge is 2.16. The Balaban J connectivity index is 2.57. The third kappa shape index (κ3) is 1.73. The summed E-state index contributed by atoms with van der Waals surface area (Å²) >= 11 is 6.88. The van der Waals surface area contributed by atoms with Crippen molar-refractivity contribution in [3.8, 4) is 0 Å². The fourth-order valence-electron chi connectivity index (χ4n) is 1.18. The van der Waals surface area contributed by atoms with E-state index in [1.165, 1.54) is 5.57 Å². The van der Waals surface area contributed by atoms with E-state index in [2.05, 4.69) is 49.0 Å². The first-order chi connectivity index (χ1) is 6.31. The average Bonchev–Trinajstić information content (AvgIpc) is 2.18. The van der Waals surface area contributed by atoms with Crippen molar-refractivity contribution in [3.63, 3.8) is 0 Å². The van der Waals surface area contributed by atoms with Gasteiger partial charge in [-0.1, -0.05) is 15.9 Å². The van der Waals surface area contributed by atoms with E-state index in [1.807, 2.05) is 12.3 Å². The summed E-state index contributed by atoms with van der Waals surface area (Å²) in [6.45, 7) is 0. The monoisotopic (exact) mass is 298 g/mol. The molecule has 0 saturated carbocycles. The maximum atomic E-state index is 4.08. The zero-order valence-electron chi connectivity index (χ0n) is 6.72. The Morgan fingerprint density at radius 2 is 2.23 bits per heavy atom. The second kappa shape index (κ2) is 3.70. The Hall–Kier alpha value is -0.500. The number of alkyl halides is 1. The van der Waals surface area contributed by atoms with E-state index in [-0.39, 0.29) is 0 Å². The SMILES string of the molecule is BrCC1=Cc2c(Br)cncc2[C+]=C1. The minimum Gasteiger partial charge on any atom is -0.212 e. The van der Waals surface area contributed by atoms with E-state index >= 15 is 0 Å². The summed E-state index contributed by atoms with van der Waals surface area (Å²) in [6.07, 6.45) is 10.9. The average molecular weight is 300 g/mol. The number of hydrogen-bond acceptors (Lipinski definition) is 1. The molecule has 1 heterocycles. The van der Waals surface area contributed by atoms with Crippen molar-refractivity contribution in [2.24, 2.45) is 0 Å². The van der Waals surface area contributed by atoms with Gasteiger partial charge in [0.1, 0.15) is 6.20 Å². The number of hydrogen-bond donors (Lipinski definition) is 0. The van der Waals surface area contributed by atoms with Crippen LogP contribution in [0.3, 0.4) is 0 Å². The topological polar surface area (TPSA) is 12.9 Å². The van der Waals surface area contributed by atoms with Crippen LogP contribution in [0.15, 0.2) is 28.5 Å². The molecule has 0 saturated heterocycles. The molecular formula is C10H6Br2N+. The quantitative estimate of drug-likeness (QED) is 0.572. The highest BCUT2D eigenvalue weighted by Crippen LogP contribution is 2.26. The molecule has 3 heteroatoms. The van der Waals surface area contributed by atoms with Crippen molar-refractivity contribution < 1.29 is 0 Å². The van der Waals surface area contributed by atoms with Gasteiger partial charge in [-0.25, -0.2) is 4.98 Å². The van der Waals surface area contributed by atoms with Gasteiger partial charge in [-0.15, -0.1) is 0 Å². The molecule has 0 aliphatic heterocycles. The van der Waals surface area contributed by atoms with Crippen LogP contribution in [-0.2, 0) is 0 Å². The van der Waals surface area contributed by atoms with E-state index in [4.69, 9.17) is 0 Å². The lowest BCUT2D eigenvalue weighted by Gasteiger charge is -2.00. The summed E-state index contributed by atoms with van der Waals surface area (Å²) in [6, 6.07) is 0. The van der Waals surface area contributed by atoms with Gasteiger partial charge in [0, 0.05) is 17.7 Å². The molecule has 0 amide bonds. The summed E-state index contributed by atoms with van der Waals surface area (Å²) in [5, 5.41) is 0.855. The molecule has 13 heavy (non-hydrogen) atoms. The molecule has 0 aromatic carbocycles. The van der Waals surface area contributed by atoms with Crippen molar-refractivity contribution in [1.29, 1.82) is 0 Å². The molecule has 0 N–H and O–H groups in total. The minimum atomic E-state index is 0.855. The number of pyridine rings is 1. The van der Waals surface area contributed by atoms with Gasteiger partial charge in [0.2, 0.25) is 0 Å². The van der Waals surface area contributed by atoms with Gasteiger partial charge in [-0.2, -0.15) is 0 Å². The Bertz CT molecular complexity index is 394. The molecule has 1 aliphatic rings. The largest absolute Gasteiger partial charge is 0.212 e. The maximum Gasteiger partial charge on any atom is 0.174 e. The number of nitrogens with zero attached hydrogens (tertiary/aromatic N) is 1.